The van der Waals surface area contributed by atoms with Gasteiger partial charge in [0.2, 0.25) is 0 Å². The van der Waals surface area contributed by atoms with E-state index < -0.39 is 14.5 Å². The quantitative estimate of drug-likeness (QED) is 0.619. The van der Waals surface area contributed by atoms with Gasteiger partial charge in [-0.25, -0.2) is 0 Å². The van der Waals surface area contributed by atoms with E-state index in [1.807, 2.05) is 18.2 Å². The fourth-order valence-electron chi connectivity index (χ4n) is 1.96. The zero-order valence-electron chi connectivity index (χ0n) is 10.9. The van der Waals surface area contributed by atoms with Gasteiger partial charge in [0.25, 0.3) is 0 Å². The molecule has 3 aromatic rings. The summed E-state index contributed by atoms with van der Waals surface area (Å²) in [4.78, 5) is 0. The van der Waals surface area contributed by atoms with Crippen LogP contribution in [0.4, 0.5) is 0 Å². The molecule has 3 rings (SSSR count). The fraction of sp³-hybridized carbons (Fsp3) is 0. The van der Waals surface area contributed by atoms with Crippen molar-refractivity contribution in [2.75, 3.05) is 0 Å². The first-order valence-corrected chi connectivity index (χ1v) is 10.7. The fourth-order valence-corrected chi connectivity index (χ4v) is 7.97. The Morgan fingerprint density at radius 1 is 0.450 bits per heavy atom. The topological polar surface area (TPSA) is 0 Å². The molecule has 0 unspecified atom stereocenters. The van der Waals surface area contributed by atoms with E-state index in [4.69, 9.17) is 9.53 Å². The van der Waals surface area contributed by atoms with Crippen LogP contribution in [0.3, 0.4) is 0 Å². The molecule has 0 aromatic heterocycles. The number of halogens is 1. The molecule has 20 heavy (non-hydrogen) atoms. The third-order valence-corrected chi connectivity index (χ3v) is 10.6. The Balaban J connectivity index is 2.24. The Morgan fingerprint density at radius 3 is 0.950 bits per heavy atom. The summed E-state index contributed by atoms with van der Waals surface area (Å²) >= 11 is -2.55. The van der Waals surface area contributed by atoms with Gasteiger partial charge in [-0.1, -0.05) is 0 Å². The van der Waals surface area contributed by atoms with E-state index in [1.165, 1.54) is 12.1 Å². The van der Waals surface area contributed by atoms with Gasteiger partial charge in [0.1, 0.15) is 0 Å². The molecule has 0 nitrogen and oxygen atoms in total. The maximum absolute atomic E-state index is 7.27. The van der Waals surface area contributed by atoms with Gasteiger partial charge in [0, 0.05) is 0 Å². The van der Waals surface area contributed by atoms with Gasteiger partial charge in [0.15, 0.2) is 0 Å². The van der Waals surface area contributed by atoms with Crippen molar-refractivity contribution in [3.05, 3.63) is 91.0 Å². The number of benzene rings is 3. The first kappa shape index (κ1) is 13.6. The molecule has 0 atom stereocenters. The average molecular weight is 373 g/mol. The summed E-state index contributed by atoms with van der Waals surface area (Å²) in [5, 5.41) is 0. The van der Waals surface area contributed by atoms with Gasteiger partial charge in [-0.05, 0) is 0 Å². The van der Waals surface area contributed by atoms with Crippen molar-refractivity contribution in [2.45, 2.75) is 0 Å². The third-order valence-electron chi connectivity index (χ3n) is 2.89. The number of hydrogen-bond acceptors (Lipinski definition) is 0. The van der Waals surface area contributed by atoms with Crippen LogP contribution in [0.25, 0.3) is 0 Å². The van der Waals surface area contributed by atoms with Crippen LogP contribution in [0.5, 0.6) is 0 Å². The molecule has 0 spiro atoms. The minimum atomic E-state index is -2.55. The van der Waals surface area contributed by atoms with E-state index in [0.29, 0.717) is 0 Å². The van der Waals surface area contributed by atoms with Crippen molar-refractivity contribution in [1.29, 1.82) is 0 Å². The Bertz CT molecular complexity index is 569. The van der Waals surface area contributed by atoms with E-state index in [0.717, 1.165) is 0 Å². The molecule has 0 fully saturated rings. The molecular formula is C18H15ClPd. The van der Waals surface area contributed by atoms with Gasteiger partial charge >= 0.3 is 127 Å². The van der Waals surface area contributed by atoms with E-state index in [1.54, 1.807) is 0 Å². The Labute approximate surface area is 127 Å². The van der Waals surface area contributed by atoms with Crippen LogP contribution in [0.2, 0.25) is 0 Å². The zero-order valence-corrected chi connectivity index (χ0v) is 13.2. The first-order chi connectivity index (χ1) is 9.82. The summed E-state index contributed by atoms with van der Waals surface area (Å²) in [6.07, 6.45) is 0. The molecule has 0 bridgehead atoms. The Morgan fingerprint density at radius 2 is 0.700 bits per heavy atom. The molecule has 0 aliphatic heterocycles. The van der Waals surface area contributed by atoms with Gasteiger partial charge in [-0.3, -0.25) is 0 Å². The molecule has 0 saturated heterocycles. The Hall–Kier alpha value is -1.39. The standard InChI is InChI=1S/3C6H5.ClH.Pd/c3*1-2-4-6-5-3-1;;/h3*1-5H;1H;/q;;;;+1/p-1. The number of hydrogen-bond donors (Lipinski definition) is 0. The summed E-state index contributed by atoms with van der Waals surface area (Å²) in [5.74, 6) is 0. The molecular weight excluding hydrogens is 358 g/mol. The maximum atomic E-state index is 7.27. The minimum absolute atomic E-state index is 1.23. The van der Waals surface area contributed by atoms with E-state index in [9.17, 15) is 0 Å². The molecule has 0 saturated carbocycles. The van der Waals surface area contributed by atoms with Crippen LogP contribution in [0.15, 0.2) is 91.0 Å². The Kier molecular flexibility index (Phi) is 4.03. The predicted molar refractivity (Wildman–Crippen MR) is 84.1 cm³/mol. The second-order valence-electron chi connectivity index (χ2n) is 4.20. The monoisotopic (exact) mass is 372 g/mol. The zero-order chi connectivity index (χ0) is 13.8. The molecule has 2 heteroatoms. The SMILES string of the molecule is [Cl][Pd]([c]1ccccc1)([c]1ccccc1)[c]1ccccc1. The second kappa shape index (κ2) is 5.94. The molecule has 104 valence electrons. The molecule has 3 aromatic carbocycles. The molecule has 0 aliphatic carbocycles. The second-order valence-corrected chi connectivity index (χ2v) is 11.1. The summed E-state index contributed by atoms with van der Waals surface area (Å²) < 4.78 is 3.70. The predicted octanol–water partition coefficient (Wildman–Crippen LogP) is 3.27. The van der Waals surface area contributed by atoms with Crippen molar-refractivity contribution in [3.8, 4) is 0 Å². The van der Waals surface area contributed by atoms with Crippen LogP contribution in [-0.4, -0.2) is 0 Å². The first-order valence-electron chi connectivity index (χ1n) is 6.33. The van der Waals surface area contributed by atoms with E-state index >= 15 is 0 Å². The molecule has 0 amide bonds. The van der Waals surface area contributed by atoms with Crippen LogP contribution < -0.4 is 12.1 Å². The van der Waals surface area contributed by atoms with E-state index in [2.05, 4.69) is 72.8 Å². The molecule has 0 N–H and O–H groups in total. The van der Waals surface area contributed by atoms with Crippen LogP contribution >= 0.6 is 9.53 Å². The molecule has 0 radical (unpaired) electrons. The average Bonchev–Trinajstić information content (AvgIpc) is 2.56. The van der Waals surface area contributed by atoms with E-state index in [-0.39, 0.29) is 0 Å². The van der Waals surface area contributed by atoms with Gasteiger partial charge < -0.3 is 0 Å². The van der Waals surface area contributed by atoms with Crippen LogP contribution in [0.1, 0.15) is 0 Å². The van der Waals surface area contributed by atoms with Gasteiger partial charge in [-0.2, -0.15) is 0 Å². The molecule has 0 aliphatic rings. The summed E-state index contributed by atoms with van der Waals surface area (Å²) in [7, 11) is 7.27. The van der Waals surface area contributed by atoms with Gasteiger partial charge in [0.05, 0.1) is 0 Å². The third kappa shape index (κ3) is 2.45. The van der Waals surface area contributed by atoms with Crippen molar-refractivity contribution in [3.63, 3.8) is 0 Å². The summed E-state index contributed by atoms with van der Waals surface area (Å²) in [6.45, 7) is 0. The van der Waals surface area contributed by atoms with Crippen molar-refractivity contribution >= 4 is 21.6 Å². The van der Waals surface area contributed by atoms with Gasteiger partial charge in [-0.15, -0.1) is 0 Å². The summed E-state index contributed by atoms with van der Waals surface area (Å²) in [6, 6.07) is 31.3. The van der Waals surface area contributed by atoms with Crippen LogP contribution in [0, 0.1) is 0 Å². The van der Waals surface area contributed by atoms with Crippen molar-refractivity contribution < 1.29 is 14.5 Å². The van der Waals surface area contributed by atoms with Crippen molar-refractivity contribution in [1.82, 2.24) is 0 Å². The van der Waals surface area contributed by atoms with Crippen LogP contribution in [-0.2, 0) is 14.5 Å². The normalized spacial score (nSPS) is 12.1. The van der Waals surface area contributed by atoms with Crippen molar-refractivity contribution in [2.24, 2.45) is 0 Å². The summed E-state index contributed by atoms with van der Waals surface area (Å²) in [5.41, 5.74) is 0. The number of rotatable bonds is 3. The molecule has 0 heterocycles.